The van der Waals surface area contributed by atoms with Crippen LogP contribution in [0.3, 0.4) is 0 Å². The number of aromatic carboxylic acids is 1. The number of carbonyl (C=O) groups excluding carboxylic acids is 1. The van der Waals surface area contributed by atoms with Gasteiger partial charge in [0.2, 0.25) is 0 Å². The van der Waals surface area contributed by atoms with Crippen LogP contribution in [0.25, 0.3) is 0 Å². The highest BCUT2D eigenvalue weighted by Crippen LogP contribution is 2.16. The second kappa shape index (κ2) is 6.05. The maximum absolute atomic E-state index is 12.2. The first kappa shape index (κ1) is 14.5. The highest BCUT2D eigenvalue weighted by Gasteiger charge is 2.25. The Morgan fingerprint density at radius 1 is 1.35 bits per heavy atom. The van der Waals surface area contributed by atoms with Crippen molar-refractivity contribution in [1.82, 2.24) is 10.2 Å². The molecule has 1 saturated heterocycles. The Hall–Kier alpha value is -1.88. The number of amides is 1. The van der Waals surface area contributed by atoms with Gasteiger partial charge in [0.05, 0.1) is 5.56 Å². The summed E-state index contributed by atoms with van der Waals surface area (Å²) in [5.41, 5.74) is 0.533. The average Bonchev–Trinajstić information content (AvgIpc) is 2.42. The van der Waals surface area contributed by atoms with Crippen LogP contribution in [-0.4, -0.2) is 48.1 Å². The molecule has 0 aliphatic carbocycles. The van der Waals surface area contributed by atoms with Gasteiger partial charge in [-0.15, -0.1) is 0 Å². The lowest BCUT2D eigenvalue weighted by molar-refractivity contribution is 0.0697. The minimum atomic E-state index is -1.02. The van der Waals surface area contributed by atoms with Gasteiger partial charge in [0.1, 0.15) is 0 Å². The number of carboxylic acid groups (broad SMARTS) is 1. The Morgan fingerprint density at radius 3 is 2.70 bits per heavy atom. The van der Waals surface area contributed by atoms with Gasteiger partial charge in [-0.05, 0) is 44.1 Å². The first-order chi connectivity index (χ1) is 9.47. The van der Waals surface area contributed by atoms with Gasteiger partial charge < -0.3 is 15.3 Å². The van der Waals surface area contributed by atoms with Crippen molar-refractivity contribution < 1.29 is 14.7 Å². The van der Waals surface area contributed by atoms with Crippen LogP contribution in [0.4, 0.5) is 0 Å². The Morgan fingerprint density at radius 2 is 2.05 bits per heavy atom. The summed E-state index contributed by atoms with van der Waals surface area (Å²) in [6, 6.07) is 6.28. The lowest BCUT2D eigenvalue weighted by Gasteiger charge is -2.35. The number of benzene rings is 1. The molecule has 0 aromatic heterocycles. The van der Waals surface area contributed by atoms with Crippen LogP contribution in [0, 0.1) is 5.92 Å². The zero-order valence-electron chi connectivity index (χ0n) is 11.8. The Labute approximate surface area is 118 Å². The molecule has 20 heavy (non-hydrogen) atoms. The van der Waals surface area contributed by atoms with Crippen molar-refractivity contribution in [3.8, 4) is 0 Å². The molecular formula is C15H20N2O3. The zero-order valence-corrected chi connectivity index (χ0v) is 11.8. The van der Waals surface area contributed by atoms with Gasteiger partial charge in [-0.2, -0.15) is 0 Å². The van der Waals surface area contributed by atoms with Crippen LogP contribution in [0.15, 0.2) is 24.3 Å². The van der Waals surface area contributed by atoms with Crippen LogP contribution < -0.4 is 5.32 Å². The highest BCUT2D eigenvalue weighted by atomic mass is 16.4. The third-order valence-corrected chi connectivity index (χ3v) is 3.80. The minimum Gasteiger partial charge on any atom is -0.478 e. The minimum absolute atomic E-state index is 0.133. The van der Waals surface area contributed by atoms with E-state index in [1.807, 2.05) is 0 Å². The van der Waals surface area contributed by atoms with Gasteiger partial charge in [-0.3, -0.25) is 4.79 Å². The third-order valence-electron chi connectivity index (χ3n) is 3.80. The summed E-state index contributed by atoms with van der Waals surface area (Å²) >= 11 is 0. The third kappa shape index (κ3) is 3.36. The number of nitrogens with one attached hydrogen (secondary N) is 1. The van der Waals surface area contributed by atoms with Crippen molar-refractivity contribution in [2.24, 2.45) is 5.92 Å². The van der Waals surface area contributed by atoms with Crippen molar-refractivity contribution in [2.45, 2.75) is 19.4 Å². The molecule has 2 rings (SSSR count). The molecule has 1 aliphatic heterocycles. The molecular weight excluding hydrogens is 256 g/mol. The van der Waals surface area contributed by atoms with Gasteiger partial charge in [-0.25, -0.2) is 4.79 Å². The highest BCUT2D eigenvalue weighted by molar-refractivity contribution is 5.97. The van der Waals surface area contributed by atoms with E-state index in [1.54, 1.807) is 12.1 Å². The molecule has 5 nitrogen and oxygen atoms in total. The molecule has 0 radical (unpaired) electrons. The summed E-state index contributed by atoms with van der Waals surface area (Å²) < 4.78 is 0. The van der Waals surface area contributed by atoms with Crippen molar-refractivity contribution in [3.05, 3.63) is 35.4 Å². The summed E-state index contributed by atoms with van der Waals surface area (Å²) in [4.78, 5) is 25.4. The molecule has 1 aliphatic rings. The smallest absolute Gasteiger partial charge is 0.335 e. The Balaban J connectivity index is 2.05. The monoisotopic (exact) mass is 276 g/mol. The fourth-order valence-corrected chi connectivity index (χ4v) is 2.61. The fraction of sp³-hybridized carbons (Fsp3) is 0.467. The summed E-state index contributed by atoms with van der Waals surface area (Å²) in [5.74, 6) is -0.831. The van der Waals surface area contributed by atoms with Gasteiger partial charge in [0.15, 0.2) is 0 Å². The van der Waals surface area contributed by atoms with Gasteiger partial charge in [0, 0.05) is 18.2 Å². The Kier molecular flexibility index (Phi) is 4.39. The van der Waals surface area contributed by atoms with E-state index in [1.165, 1.54) is 12.1 Å². The van der Waals surface area contributed by atoms with E-state index in [-0.39, 0.29) is 17.5 Å². The maximum atomic E-state index is 12.2. The van der Waals surface area contributed by atoms with E-state index in [9.17, 15) is 9.59 Å². The van der Waals surface area contributed by atoms with E-state index in [4.69, 9.17) is 5.11 Å². The lowest BCUT2D eigenvalue weighted by Crippen LogP contribution is -2.48. The maximum Gasteiger partial charge on any atom is 0.335 e. The predicted octanol–water partition coefficient (Wildman–Crippen LogP) is 1.45. The molecule has 0 saturated carbocycles. The molecule has 5 heteroatoms. The number of carboxylic acids is 1. The number of piperidine rings is 1. The average molecular weight is 276 g/mol. The van der Waals surface area contributed by atoms with E-state index in [0.717, 1.165) is 19.5 Å². The SMILES string of the molecule is CC1CN(C)CCC1NC(=O)c1cccc(C(=O)O)c1. The van der Waals surface area contributed by atoms with Crippen LogP contribution in [0.1, 0.15) is 34.1 Å². The lowest BCUT2D eigenvalue weighted by atomic mass is 9.94. The summed E-state index contributed by atoms with van der Waals surface area (Å²) in [6.07, 6.45) is 0.919. The number of carbonyl (C=O) groups is 2. The van der Waals surface area contributed by atoms with E-state index in [2.05, 4.69) is 24.2 Å². The second-order valence-electron chi connectivity index (χ2n) is 5.49. The van der Waals surface area contributed by atoms with Gasteiger partial charge in [-0.1, -0.05) is 13.0 Å². The van der Waals surface area contributed by atoms with Crippen LogP contribution >= 0.6 is 0 Å². The first-order valence-corrected chi connectivity index (χ1v) is 6.80. The van der Waals surface area contributed by atoms with E-state index < -0.39 is 5.97 Å². The molecule has 2 N–H and O–H groups in total. The molecule has 1 aromatic carbocycles. The van der Waals surface area contributed by atoms with E-state index in [0.29, 0.717) is 11.5 Å². The predicted molar refractivity (Wildman–Crippen MR) is 75.9 cm³/mol. The quantitative estimate of drug-likeness (QED) is 0.877. The Bertz CT molecular complexity index is 516. The van der Waals surface area contributed by atoms with Crippen LogP contribution in [0.5, 0.6) is 0 Å². The first-order valence-electron chi connectivity index (χ1n) is 6.80. The molecule has 0 spiro atoms. The van der Waals surface area contributed by atoms with Gasteiger partial charge >= 0.3 is 5.97 Å². The summed E-state index contributed by atoms with van der Waals surface area (Å²) in [6.45, 7) is 4.04. The molecule has 2 atom stereocenters. The number of hydrogen-bond acceptors (Lipinski definition) is 3. The molecule has 1 fully saturated rings. The topological polar surface area (TPSA) is 69.6 Å². The summed E-state index contributed by atoms with van der Waals surface area (Å²) in [7, 11) is 2.07. The standard InChI is InChI=1S/C15H20N2O3/c1-10-9-17(2)7-6-13(10)16-14(18)11-4-3-5-12(8-11)15(19)20/h3-5,8,10,13H,6-7,9H2,1-2H3,(H,16,18)(H,19,20). The van der Waals surface area contributed by atoms with Crippen LogP contribution in [0.2, 0.25) is 0 Å². The van der Waals surface area contributed by atoms with E-state index >= 15 is 0 Å². The summed E-state index contributed by atoms with van der Waals surface area (Å²) in [5, 5.41) is 12.0. The normalized spacial score (nSPS) is 23.3. The number of rotatable bonds is 3. The zero-order chi connectivity index (χ0) is 14.7. The van der Waals surface area contributed by atoms with Crippen molar-refractivity contribution in [3.63, 3.8) is 0 Å². The molecule has 2 unspecified atom stereocenters. The molecule has 0 bridgehead atoms. The number of hydrogen-bond donors (Lipinski definition) is 2. The molecule has 1 aromatic rings. The molecule has 1 heterocycles. The van der Waals surface area contributed by atoms with Crippen LogP contribution in [-0.2, 0) is 0 Å². The largest absolute Gasteiger partial charge is 0.478 e. The van der Waals surface area contributed by atoms with Crippen molar-refractivity contribution >= 4 is 11.9 Å². The van der Waals surface area contributed by atoms with Crippen molar-refractivity contribution in [2.75, 3.05) is 20.1 Å². The molecule has 1 amide bonds. The fourth-order valence-electron chi connectivity index (χ4n) is 2.61. The number of nitrogens with zero attached hydrogens (tertiary/aromatic N) is 1. The second-order valence-corrected chi connectivity index (χ2v) is 5.49. The van der Waals surface area contributed by atoms with Gasteiger partial charge in [0.25, 0.3) is 5.91 Å². The van der Waals surface area contributed by atoms with Crippen molar-refractivity contribution in [1.29, 1.82) is 0 Å². The molecule has 108 valence electrons. The number of likely N-dealkylation sites (tertiary alicyclic amines) is 1.